The highest BCUT2D eigenvalue weighted by atomic mass is 32.1. The number of imide groups is 1. The molecule has 1 saturated carbocycles. The van der Waals surface area contributed by atoms with Gasteiger partial charge in [0.25, 0.3) is 5.91 Å². The first-order chi connectivity index (χ1) is 10.5. The molecular weight excluding hydrogens is 302 g/mol. The number of amides is 3. The average Bonchev–Trinajstić information content (AvgIpc) is 3.09. The maximum Gasteiger partial charge on any atom is 0.322 e. The van der Waals surface area contributed by atoms with Crippen LogP contribution in [0.4, 0.5) is 9.93 Å². The van der Waals surface area contributed by atoms with Crippen molar-refractivity contribution in [2.75, 3.05) is 11.9 Å². The first-order valence-electron chi connectivity index (χ1n) is 7.69. The third-order valence-electron chi connectivity index (χ3n) is 4.35. The van der Waals surface area contributed by atoms with Crippen LogP contribution in [0.25, 0.3) is 0 Å². The fourth-order valence-electron chi connectivity index (χ4n) is 3.31. The molecule has 0 unspecified atom stereocenters. The highest BCUT2D eigenvalue weighted by Gasteiger charge is 2.54. The van der Waals surface area contributed by atoms with Gasteiger partial charge in [0.1, 0.15) is 11.4 Å². The normalized spacial score (nSPS) is 27.5. The van der Waals surface area contributed by atoms with Crippen LogP contribution in [-0.2, 0) is 11.2 Å². The number of rotatable bonds is 5. The molecule has 0 bridgehead atoms. The summed E-state index contributed by atoms with van der Waals surface area (Å²) in [6.07, 6.45) is 3.42. The van der Waals surface area contributed by atoms with E-state index >= 15 is 0 Å². The van der Waals surface area contributed by atoms with E-state index in [1.165, 1.54) is 11.5 Å². The van der Waals surface area contributed by atoms with Gasteiger partial charge in [0.15, 0.2) is 0 Å². The number of nitrogens with zero attached hydrogens (tertiary/aromatic N) is 2. The number of anilines is 1. The van der Waals surface area contributed by atoms with Crippen molar-refractivity contribution in [3.63, 3.8) is 0 Å². The molecule has 7 nitrogen and oxygen atoms in total. The van der Waals surface area contributed by atoms with Crippen LogP contribution >= 0.6 is 11.5 Å². The zero-order chi connectivity index (χ0) is 15.7. The van der Waals surface area contributed by atoms with E-state index in [4.69, 9.17) is 0 Å². The van der Waals surface area contributed by atoms with Gasteiger partial charge in [0.05, 0.1) is 0 Å². The van der Waals surface area contributed by atoms with Crippen LogP contribution in [0.1, 0.15) is 38.9 Å². The lowest BCUT2D eigenvalue weighted by Crippen LogP contribution is -2.51. The molecule has 1 aromatic heterocycles. The number of nitrogens with one attached hydrogen (secondary N) is 3. The number of carbonyl (C=O) groups excluding carboxylic acids is 2. The molecule has 1 aliphatic heterocycles. The Balaban J connectivity index is 1.62. The second-order valence-corrected chi connectivity index (χ2v) is 7.22. The lowest BCUT2D eigenvalue weighted by Gasteiger charge is -2.27. The number of carbonyl (C=O) groups is 2. The molecule has 8 heteroatoms. The molecule has 1 spiro atoms. The van der Waals surface area contributed by atoms with Crippen molar-refractivity contribution in [3.8, 4) is 0 Å². The highest BCUT2D eigenvalue weighted by molar-refractivity contribution is 7.09. The Morgan fingerprint density at radius 3 is 2.95 bits per heavy atom. The van der Waals surface area contributed by atoms with Gasteiger partial charge in [-0.15, -0.1) is 0 Å². The van der Waals surface area contributed by atoms with Crippen LogP contribution in [-0.4, -0.2) is 33.4 Å². The summed E-state index contributed by atoms with van der Waals surface area (Å²) in [6.45, 7) is 4.89. The summed E-state index contributed by atoms with van der Waals surface area (Å²) >= 11 is 1.35. The SMILES string of the molecule is CC(C)Cc1nsc(NC[C@H]2CCC[C@]23NC(=O)NC3=O)n1. The van der Waals surface area contributed by atoms with E-state index in [-0.39, 0.29) is 17.9 Å². The van der Waals surface area contributed by atoms with Crippen LogP contribution in [0.2, 0.25) is 0 Å². The van der Waals surface area contributed by atoms with Crippen molar-refractivity contribution in [1.82, 2.24) is 20.0 Å². The van der Waals surface area contributed by atoms with Crippen molar-refractivity contribution in [1.29, 1.82) is 0 Å². The van der Waals surface area contributed by atoms with Gasteiger partial charge in [-0.05, 0) is 18.8 Å². The van der Waals surface area contributed by atoms with E-state index in [9.17, 15) is 9.59 Å². The molecule has 0 aromatic carbocycles. The van der Waals surface area contributed by atoms with Crippen molar-refractivity contribution in [2.45, 2.75) is 45.1 Å². The third-order valence-corrected chi connectivity index (χ3v) is 5.06. The molecular formula is C14H21N5O2S. The number of hydrogen-bond donors (Lipinski definition) is 3. The first-order valence-corrected chi connectivity index (χ1v) is 8.47. The summed E-state index contributed by atoms with van der Waals surface area (Å²) < 4.78 is 4.34. The zero-order valence-electron chi connectivity index (χ0n) is 12.8. The van der Waals surface area contributed by atoms with Gasteiger partial charge in [-0.1, -0.05) is 20.3 Å². The van der Waals surface area contributed by atoms with Crippen LogP contribution < -0.4 is 16.0 Å². The predicted molar refractivity (Wildman–Crippen MR) is 83.7 cm³/mol. The highest BCUT2D eigenvalue weighted by Crippen LogP contribution is 2.38. The monoisotopic (exact) mass is 323 g/mol. The topological polar surface area (TPSA) is 96.0 Å². The van der Waals surface area contributed by atoms with Gasteiger partial charge in [-0.25, -0.2) is 9.78 Å². The molecule has 2 aliphatic rings. The Labute approximate surface area is 133 Å². The molecule has 120 valence electrons. The minimum atomic E-state index is -0.741. The minimum Gasteiger partial charge on any atom is -0.360 e. The van der Waals surface area contributed by atoms with Crippen molar-refractivity contribution >= 4 is 28.6 Å². The van der Waals surface area contributed by atoms with Crippen LogP contribution in [0.15, 0.2) is 0 Å². The van der Waals surface area contributed by atoms with Gasteiger partial charge >= 0.3 is 6.03 Å². The average molecular weight is 323 g/mol. The molecule has 0 radical (unpaired) electrons. The second-order valence-electron chi connectivity index (χ2n) is 6.46. The fraction of sp³-hybridized carbons (Fsp3) is 0.714. The third kappa shape index (κ3) is 2.79. The molecule has 3 amide bonds. The molecule has 2 heterocycles. The van der Waals surface area contributed by atoms with Gasteiger partial charge < -0.3 is 10.6 Å². The summed E-state index contributed by atoms with van der Waals surface area (Å²) in [5, 5.41) is 9.25. The lowest BCUT2D eigenvalue weighted by atomic mass is 9.87. The molecule has 1 aromatic rings. The molecule has 3 rings (SSSR count). The van der Waals surface area contributed by atoms with Crippen molar-refractivity contribution in [2.24, 2.45) is 11.8 Å². The summed E-state index contributed by atoms with van der Waals surface area (Å²) in [7, 11) is 0. The van der Waals surface area contributed by atoms with E-state index in [0.717, 1.165) is 30.2 Å². The maximum atomic E-state index is 12.1. The van der Waals surface area contributed by atoms with Crippen molar-refractivity contribution in [3.05, 3.63) is 5.82 Å². The minimum absolute atomic E-state index is 0.0800. The first kappa shape index (κ1) is 15.2. The van der Waals surface area contributed by atoms with Gasteiger partial charge in [0.2, 0.25) is 5.13 Å². The summed E-state index contributed by atoms with van der Waals surface area (Å²) in [6, 6.07) is -0.382. The molecule has 1 aliphatic carbocycles. The Morgan fingerprint density at radius 2 is 2.27 bits per heavy atom. The summed E-state index contributed by atoms with van der Waals surface area (Å²) in [5.74, 6) is 1.27. The lowest BCUT2D eigenvalue weighted by molar-refractivity contribution is -0.125. The Hall–Kier alpha value is -1.70. The zero-order valence-corrected chi connectivity index (χ0v) is 13.6. The Bertz CT molecular complexity index is 588. The number of urea groups is 1. The fourth-order valence-corrected chi connectivity index (χ4v) is 3.91. The number of aromatic nitrogens is 2. The Morgan fingerprint density at radius 1 is 1.45 bits per heavy atom. The summed E-state index contributed by atoms with van der Waals surface area (Å²) in [5.41, 5.74) is -0.741. The van der Waals surface area contributed by atoms with Gasteiger partial charge in [-0.3, -0.25) is 10.1 Å². The van der Waals surface area contributed by atoms with E-state index in [1.54, 1.807) is 0 Å². The van der Waals surface area contributed by atoms with Crippen molar-refractivity contribution < 1.29 is 9.59 Å². The van der Waals surface area contributed by atoms with E-state index in [1.807, 2.05) is 0 Å². The quantitative estimate of drug-likeness (QED) is 0.714. The molecule has 3 N–H and O–H groups in total. The number of hydrogen-bond acceptors (Lipinski definition) is 6. The largest absolute Gasteiger partial charge is 0.360 e. The molecule has 22 heavy (non-hydrogen) atoms. The second kappa shape index (κ2) is 5.83. The van der Waals surface area contributed by atoms with E-state index in [2.05, 4.69) is 39.2 Å². The molecule has 2 fully saturated rings. The molecule has 2 atom stereocenters. The smallest absolute Gasteiger partial charge is 0.322 e. The van der Waals surface area contributed by atoms with Gasteiger partial charge in [-0.2, -0.15) is 4.37 Å². The maximum absolute atomic E-state index is 12.1. The van der Waals surface area contributed by atoms with E-state index < -0.39 is 5.54 Å². The molecule has 1 saturated heterocycles. The van der Waals surface area contributed by atoms with Crippen LogP contribution in [0.5, 0.6) is 0 Å². The predicted octanol–water partition coefficient (Wildman–Crippen LogP) is 1.53. The van der Waals surface area contributed by atoms with Crippen LogP contribution in [0.3, 0.4) is 0 Å². The van der Waals surface area contributed by atoms with E-state index in [0.29, 0.717) is 18.9 Å². The van der Waals surface area contributed by atoms with Crippen LogP contribution in [0, 0.1) is 11.8 Å². The Kier molecular flexibility index (Phi) is 4.03. The summed E-state index contributed by atoms with van der Waals surface area (Å²) in [4.78, 5) is 28.0. The standard InChI is InChI=1S/C14H21N5O2S/c1-8(2)6-10-16-13(22-19-10)15-7-9-4-3-5-14(9)11(20)17-12(21)18-14/h8-9H,3-7H2,1-2H3,(H,15,16,19)(H2,17,18,20,21)/t9-,14+/m1/s1. The van der Waals surface area contributed by atoms with Gasteiger partial charge in [0, 0.05) is 30.4 Å².